The molecule has 0 heterocycles. The third-order valence-electron chi connectivity index (χ3n) is 4.63. The molecule has 1 aromatic rings. The van der Waals surface area contributed by atoms with Crippen LogP contribution in [-0.2, 0) is 4.79 Å². The van der Waals surface area contributed by atoms with E-state index in [9.17, 15) is 9.59 Å². The molecule has 0 spiro atoms. The largest absolute Gasteiger partial charge is 0.337 e. The van der Waals surface area contributed by atoms with Gasteiger partial charge in [-0.1, -0.05) is 39.8 Å². The van der Waals surface area contributed by atoms with Gasteiger partial charge in [0, 0.05) is 25.2 Å². The molecule has 0 aliphatic rings. The summed E-state index contributed by atoms with van der Waals surface area (Å²) in [7, 11) is 0. The average Bonchev–Trinajstić information content (AvgIpc) is 2.59. The lowest BCUT2D eigenvalue weighted by Gasteiger charge is -2.31. The van der Waals surface area contributed by atoms with Gasteiger partial charge in [0.2, 0.25) is 5.91 Å². The molecular weight excluding hydrogens is 340 g/mol. The van der Waals surface area contributed by atoms with Crippen molar-refractivity contribution in [1.29, 1.82) is 0 Å². The normalized spacial score (nSPS) is 13.3. The van der Waals surface area contributed by atoms with E-state index in [0.717, 1.165) is 30.8 Å². The van der Waals surface area contributed by atoms with E-state index in [-0.39, 0.29) is 18.0 Å². The highest BCUT2D eigenvalue weighted by atomic mass is 16.2. The van der Waals surface area contributed by atoms with Crippen molar-refractivity contribution < 1.29 is 9.59 Å². The first-order chi connectivity index (χ1) is 12.8. The lowest BCUT2D eigenvalue weighted by Crippen LogP contribution is -2.47. The fourth-order valence-corrected chi connectivity index (χ4v) is 3.28. The number of benzene rings is 1. The zero-order valence-corrected chi connectivity index (χ0v) is 17.6. The maximum absolute atomic E-state index is 12.4. The van der Waals surface area contributed by atoms with Crippen molar-refractivity contribution in [3.05, 3.63) is 29.8 Å². The minimum atomic E-state index is -0.173. The predicted molar refractivity (Wildman–Crippen MR) is 112 cm³/mol. The van der Waals surface area contributed by atoms with Crippen LogP contribution >= 0.6 is 0 Å². The molecule has 0 fully saturated rings. The quantitative estimate of drug-likeness (QED) is 0.582. The number of carbonyl (C=O) groups excluding carboxylic acids is 2. The zero-order chi connectivity index (χ0) is 20.4. The highest BCUT2D eigenvalue weighted by molar-refractivity contribution is 5.88. The van der Waals surface area contributed by atoms with Crippen LogP contribution in [0.2, 0.25) is 0 Å². The number of nitrogens with zero attached hydrogens (tertiary/aromatic N) is 1. The molecular formula is C21H36N4O2. The Kier molecular flexibility index (Phi) is 9.86. The lowest BCUT2D eigenvalue weighted by molar-refractivity contribution is -0.114. The molecule has 6 heteroatoms. The van der Waals surface area contributed by atoms with Crippen molar-refractivity contribution in [1.82, 2.24) is 15.5 Å². The van der Waals surface area contributed by atoms with Crippen molar-refractivity contribution >= 4 is 17.6 Å². The van der Waals surface area contributed by atoms with E-state index >= 15 is 0 Å². The maximum Gasteiger partial charge on any atom is 0.315 e. The number of nitrogens with one attached hydrogen (secondary N) is 3. The van der Waals surface area contributed by atoms with Crippen LogP contribution in [0.1, 0.15) is 59.6 Å². The van der Waals surface area contributed by atoms with Gasteiger partial charge in [0.15, 0.2) is 0 Å². The third kappa shape index (κ3) is 8.43. The Morgan fingerprint density at radius 3 is 2.33 bits per heavy atom. The summed E-state index contributed by atoms with van der Waals surface area (Å²) in [5, 5.41) is 8.77. The topological polar surface area (TPSA) is 73.5 Å². The van der Waals surface area contributed by atoms with Gasteiger partial charge in [-0.3, -0.25) is 9.69 Å². The summed E-state index contributed by atoms with van der Waals surface area (Å²) >= 11 is 0. The van der Waals surface area contributed by atoms with Crippen LogP contribution in [0.4, 0.5) is 10.5 Å². The van der Waals surface area contributed by atoms with E-state index in [4.69, 9.17) is 0 Å². The van der Waals surface area contributed by atoms with Crippen LogP contribution < -0.4 is 16.0 Å². The minimum absolute atomic E-state index is 0.113. The molecule has 2 unspecified atom stereocenters. The van der Waals surface area contributed by atoms with Crippen molar-refractivity contribution in [2.45, 2.75) is 60.0 Å². The number of amides is 3. The van der Waals surface area contributed by atoms with Gasteiger partial charge in [-0.2, -0.15) is 0 Å². The Bertz CT molecular complexity index is 600. The number of anilines is 1. The summed E-state index contributed by atoms with van der Waals surface area (Å²) in [6, 6.07) is 7.53. The third-order valence-corrected chi connectivity index (χ3v) is 4.63. The Morgan fingerprint density at radius 1 is 1.11 bits per heavy atom. The molecule has 152 valence electrons. The SMILES string of the molecule is CCN(CC)C(CNC(=O)NC(C)c1cccc(NC(C)=O)c1)CC(C)C. The lowest BCUT2D eigenvalue weighted by atomic mass is 10.0. The minimum Gasteiger partial charge on any atom is -0.337 e. The van der Waals surface area contributed by atoms with Gasteiger partial charge in [-0.25, -0.2) is 4.79 Å². The number of likely N-dealkylation sites (N-methyl/N-ethyl adjacent to an activating group) is 1. The molecule has 3 N–H and O–H groups in total. The molecule has 0 bridgehead atoms. The molecule has 0 saturated carbocycles. The standard InChI is InChI=1S/C21H36N4O2/c1-7-25(8-2)20(12-15(3)4)14-22-21(27)23-16(5)18-10-9-11-19(13-18)24-17(6)26/h9-11,13,15-16,20H,7-8,12,14H2,1-6H3,(H,24,26)(H2,22,23,27). The molecule has 6 nitrogen and oxygen atoms in total. The van der Waals surface area contributed by atoms with E-state index < -0.39 is 0 Å². The number of hydrogen-bond donors (Lipinski definition) is 3. The maximum atomic E-state index is 12.4. The first kappa shape index (κ1) is 23.0. The highest BCUT2D eigenvalue weighted by Crippen LogP contribution is 2.17. The summed E-state index contributed by atoms with van der Waals surface area (Å²) in [6.07, 6.45) is 1.05. The van der Waals surface area contributed by atoms with Crippen molar-refractivity contribution in [2.24, 2.45) is 5.92 Å². The molecule has 0 aliphatic carbocycles. The zero-order valence-electron chi connectivity index (χ0n) is 17.6. The monoisotopic (exact) mass is 376 g/mol. The van der Waals surface area contributed by atoms with Gasteiger partial charge < -0.3 is 16.0 Å². The van der Waals surface area contributed by atoms with Crippen molar-refractivity contribution in [2.75, 3.05) is 25.0 Å². The highest BCUT2D eigenvalue weighted by Gasteiger charge is 2.18. The Labute approximate surface area is 164 Å². The fourth-order valence-electron chi connectivity index (χ4n) is 3.28. The molecule has 0 saturated heterocycles. The Hall–Kier alpha value is -2.08. The van der Waals surface area contributed by atoms with Crippen molar-refractivity contribution in [3.8, 4) is 0 Å². The molecule has 0 aliphatic heterocycles. The predicted octanol–water partition coefficient (Wildman–Crippen LogP) is 3.76. The van der Waals surface area contributed by atoms with Crippen molar-refractivity contribution in [3.63, 3.8) is 0 Å². The summed E-state index contributed by atoms with van der Waals surface area (Å²) in [4.78, 5) is 26.0. The molecule has 1 rings (SSSR count). The van der Waals surface area contributed by atoms with Crippen LogP contribution in [0.25, 0.3) is 0 Å². The van der Waals surface area contributed by atoms with Crippen LogP contribution in [-0.4, -0.2) is 42.5 Å². The van der Waals surface area contributed by atoms with Crippen LogP contribution in [0, 0.1) is 5.92 Å². The summed E-state index contributed by atoms with van der Waals surface area (Å²) < 4.78 is 0. The van der Waals surface area contributed by atoms with Gasteiger partial charge in [-0.05, 0) is 50.0 Å². The molecule has 0 aromatic heterocycles. The van der Waals surface area contributed by atoms with Gasteiger partial charge in [0.05, 0.1) is 6.04 Å². The number of rotatable bonds is 10. The molecule has 2 atom stereocenters. The van der Waals surface area contributed by atoms with E-state index in [0.29, 0.717) is 18.5 Å². The molecule has 1 aromatic carbocycles. The van der Waals surface area contributed by atoms with Crippen LogP contribution in [0.3, 0.4) is 0 Å². The van der Waals surface area contributed by atoms with E-state index in [2.05, 4.69) is 48.5 Å². The van der Waals surface area contributed by atoms with Gasteiger partial charge >= 0.3 is 6.03 Å². The second kappa shape index (κ2) is 11.6. The summed E-state index contributed by atoms with van der Waals surface area (Å²) in [6.45, 7) is 14.7. The van der Waals surface area contributed by atoms with Crippen LogP contribution in [0.5, 0.6) is 0 Å². The second-order valence-corrected chi connectivity index (χ2v) is 7.39. The molecule has 3 amide bonds. The van der Waals surface area contributed by atoms with E-state index in [1.807, 2.05) is 31.2 Å². The first-order valence-electron chi connectivity index (χ1n) is 9.92. The Morgan fingerprint density at radius 2 is 1.78 bits per heavy atom. The first-order valence-corrected chi connectivity index (χ1v) is 9.92. The average molecular weight is 377 g/mol. The van der Waals surface area contributed by atoms with Gasteiger partial charge in [0.1, 0.15) is 0 Å². The number of hydrogen-bond acceptors (Lipinski definition) is 3. The smallest absolute Gasteiger partial charge is 0.315 e. The Balaban J connectivity index is 2.63. The van der Waals surface area contributed by atoms with E-state index in [1.165, 1.54) is 6.92 Å². The molecule has 0 radical (unpaired) electrons. The molecule has 27 heavy (non-hydrogen) atoms. The van der Waals surface area contributed by atoms with Gasteiger partial charge in [-0.15, -0.1) is 0 Å². The van der Waals surface area contributed by atoms with Crippen LogP contribution in [0.15, 0.2) is 24.3 Å². The summed E-state index contributed by atoms with van der Waals surface area (Å²) in [5.41, 5.74) is 1.67. The number of carbonyl (C=O) groups is 2. The summed E-state index contributed by atoms with van der Waals surface area (Å²) in [5.74, 6) is 0.467. The second-order valence-electron chi connectivity index (χ2n) is 7.39. The number of urea groups is 1. The van der Waals surface area contributed by atoms with Gasteiger partial charge in [0.25, 0.3) is 0 Å². The van der Waals surface area contributed by atoms with E-state index in [1.54, 1.807) is 0 Å². The fraction of sp³-hybridized carbons (Fsp3) is 0.619.